The van der Waals surface area contributed by atoms with E-state index in [1.165, 1.54) is 4.68 Å². The van der Waals surface area contributed by atoms with Crippen molar-refractivity contribution in [1.82, 2.24) is 9.78 Å². The van der Waals surface area contributed by atoms with Crippen LogP contribution < -0.4 is 10.9 Å². The van der Waals surface area contributed by atoms with Crippen molar-refractivity contribution in [3.05, 3.63) is 34.2 Å². The smallest absolute Gasteiger partial charge is 0.287 e. The van der Waals surface area contributed by atoms with E-state index in [2.05, 4.69) is 17.0 Å². The summed E-state index contributed by atoms with van der Waals surface area (Å²) in [5.41, 5.74) is 0.263. The van der Waals surface area contributed by atoms with Crippen LogP contribution in [0, 0.1) is 0 Å². The van der Waals surface area contributed by atoms with Crippen LogP contribution in [-0.4, -0.2) is 15.8 Å². The SMILES string of the molecule is C=CCn1ncc(NC(C)C)c(Cl)c1=O. The fourth-order valence-corrected chi connectivity index (χ4v) is 1.33. The summed E-state index contributed by atoms with van der Waals surface area (Å²) in [6.45, 7) is 7.83. The topological polar surface area (TPSA) is 46.9 Å². The first-order chi connectivity index (χ1) is 7.06. The van der Waals surface area contributed by atoms with Crippen LogP contribution in [0.4, 0.5) is 5.69 Å². The lowest BCUT2D eigenvalue weighted by Crippen LogP contribution is -2.24. The molecule has 1 aromatic rings. The van der Waals surface area contributed by atoms with Crippen LogP contribution in [0.1, 0.15) is 13.8 Å². The minimum Gasteiger partial charge on any atom is -0.380 e. The van der Waals surface area contributed by atoms with Crippen LogP contribution in [-0.2, 0) is 6.54 Å². The van der Waals surface area contributed by atoms with Crippen LogP contribution in [0.2, 0.25) is 5.02 Å². The molecule has 82 valence electrons. The maximum absolute atomic E-state index is 11.6. The van der Waals surface area contributed by atoms with Gasteiger partial charge in [-0.3, -0.25) is 4.79 Å². The highest BCUT2D eigenvalue weighted by Gasteiger charge is 2.08. The quantitative estimate of drug-likeness (QED) is 0.800. The molecule has 0 amide bonds. The number of hydrogen-bond acceptors (Lipinski definition) is 3. The van der Waals surface area contributed by atoms with E-state index in [1.807, 2.05) is 13.8 Å². The van der Waals surface area contributed by atoms with Crippen molar-refractivity contribution in [1.29, 1.82) is 0 Å². The van der Waals surface area contributed by atoms with Gasteiger partial charge in [0.2, 0.25) is 0 Å². The third-order valence-electron chi connectivity index (χ3n) is 1.73. The summed E-state index contributed by atoms with van der Waals surface area (Å²) < 4.78 is 1.26. The van der Waals surface area contributed by atoms with E-state index < -0.39 is 0 Å². The summed E-state index contributed by atoms with van der Waals surface area (Å²) >= 11 is 5.91. The Balaban J connectivity index is 3.09. The Hall–Kier alpha value is -1.29. The van der Waals surface area contributed by atoms with Crippen molar-refractivity contribution in [3.8, 4) is 0 Å². The van der Waals surface area contributed by atoms with Crippen LogP contribution in [0.5, 0.6) is 0 Å². The Morgan fingerprint density at radius 2 is 2.40 bits per heavy atom. The van der Waals surface area contributed by atoms with Crippen molar-refractivity contribution in [3.63, 3.8) is 0 Å². The van der Waals surface area contributed by atoms with Gasteiger partial charge in [-0.15, -0.1) is 6.58 Å². The van der Waals surface area contributed by atoms with Crippen LogP contribution in [0.15, 0.2) is 23.6 Å². The van der Waals surface area contributed by atoms with Crippen molar-refractivity contribution in [2.75, 3.05) is 5.32 Å². The molecule has 4 nitrogen and oxygen atoms in total. The van der Waals surface area contributed by atoms with Crippen molar-refractivity contribution >= 4 is 17.3 Å². The van der Waals surface area contributed by atoms with E-state index in [4.69, 9.17) is 11.6 Å². The molecule has 1 rings (SSSR count). The summed E-state index contributed by atoms with van der Waals surface area (Å²) in [6.07, 6.45) is 3.15. The number of anilines is 1. The van der Waals surface area contributed by atoms with Gasteiger partial charge in [-0.1, -0.05) is 17.7 Å². The monoisotopic (exact) mass is 227 g/mol. The fraction of sp³-hybridized carbons (Fsp3) is 0.400. The van der Waals surface area contributed by atoms with E-state index in [0.717, 1.165) is 0 Å². The second-order valence-corrected chi connectivity index (χ2v) is 3.83. The molecule has 0 saturated carbocycles. The Kier molecular flexibility index (Phi) is 3.91. The first-order valence-corrected chi connectivity index (χ1v) is 5.07. The Morgan fingerprint density at radius 3 is 2.93 bits per heavy atom. The van der Waals surface area contributed by atoms with E-state index in [9.17, 15) is 4.79 Å². The summed E-state index contributed by atoms with van der Waals surface area (Å²) in [5.74, 6) is 0. The van der Waals surface area contributed by atoms with Crippen LogP contribution in [0.25, 0.3) is 0 Å². The number of nitrogens with zero attached hydrogens (tertiary/aromatic N) is 2. The van der Waals surface area contributed by atoms with Gasteiger partial charge < -0.3 is 5.32 Å². The lowest BCUT2D eigenvalue weighted by atomic mass is 10.3. The Bertz CT molecular complexity index is 412. The molecule has 0 aliphatic rings. The van der Waals surface area contributed by atoms with E-state index in [0.29, 0.717) is 12.2 Å². The third kappa shape index (κ3) is 2.83. The van der Waals surface area contributed by atoms with Crippen LogP contribution in [0.3, 0.4) is 0 Å². The van der Waals surface area contributed by atoms with Crippen molar-refractivity contribution in [2.24, 2.45) is 0 Å². The average Bonchev–Trinajstić information content (AvgIpc) is 2.17. The normalized spacial score (nSPS) is 10.4. The second-order valence-electron chi connectivity index (χ2n) is 3.45. The highest BCUT2D eigenvalue weighted by Crippen LogP contribution is 2.15. The molecule has 0 aliphatic carbocycles. The average molecular weight is 228 g/mol. The molecule has 5 heteroatoms. The van der Waals surface area contributed by atoms with Gasteiger partial charge in [0.15, 0.2) is 0 Å². The summed E-state index contributed by atoms with van der Waals surface area (Å²) in [6, 6.07) is 0.207. The molecule has 0 saturated heterocycles. The van der Waals surface area contributed by atoms with Gasteiger partial charge in [-0.2, -0.15) is 5.10 Å². The number of aromatic nitrogens is 2. The first-order valence-electron chi connectivity index (χ1n) is 4.69. The van der Waals surface area contributed by atoms with Gasteiger partial charge in [0.25, 0.3) is 5.56 Å². The van der Waals surface area contributed by atoms with Crippen molar-refractivity contribution in [2.45, 2.75) is 26.4 Å². The fourth-order valence-electron chi connectivity index (χ4n) is 1.13. The minimum absolute atomic E-state index is 0.167. The van der Waals surface area contributed by atoms with Gasteiger partial charge in [0, 0.05) is 6.04 Å². The van der Waals surface area contributed by atoms with E-state index in [-0.39, 0.29) is 16.6 Å². The molecule has 0 fully saturated rings. The zero-order chi connectivity index (χ0) is 11.4. The standard InChI is InChI=1S/C10H14ClN3O/c1-4-5-14-10(15)9(11)8(6-12-14)13-7(2)3/h4,6-7,13H,1,5H2,2-3H3. The lowest BCUT2D eigenvalue weighted by molar-refractivity contribution is 0.652. The molecule has 0 bridgehead atoms. The van der Waals surface area contributed by atoms with Gasteiger partial charge in [0.05, 0.1) is 18.4 Å². The minimum atomic E-state index is -0.304. The Morgan fingerprint density at radius 1 is 1.73 bits per heavy atom. The zero-order valence-electron chi connectivity index (χ0n) is 8.83. The molecule has 0 atom stereocenters. The predicted molar refractivity (Wildman–Crippen MR) is 62.5 cm³/mol. The molecule has 15 heavy (non-hydrogen) atoms. The van der Waals surface area contributed by atoms with Gasteiger partial charge >= 0.3 is 0 Å². The molecule has 0 spiro atoms. The van der Waals surface area contributed by atoms with Gasteiger partial charge in [-0.25, -0.2) is 4.68 Å². The third-order valence-corrected chi connectivity index (χ3v) is 2.10. The molecular weight excluding hydrogens is 214 g/mol. The molecule has 0 radical (unpaired) electrons. The Labute approximate surface area is 93.6 Å². The zero-order valence-corrected chi connectivity index (χ0v) is 9.58. The molecule has 1 heterocycles. The number of allylic oxidation sites excluding steroid dienone is 1. The molecule has 0 aliphatic heterocycles. The predicted octanol–water partition coefficient (Wildman–Crippen LogP) is 1.90. The molecule has 1 N–H and O–H groups in total. The van der Waals surface area contributed by atoms with Crippen LogP contribution >= 0.6 is 11.6 Å². The summed E-state index contributed by atoms with van der Waals surface area (Å²) in [7, 11) is 0. The largest absolute Gasteiger partial charge is 0.380 e. The molecule has 0 aromatic carbocycles. The number of rotatable bonds is 4. The summed E-state index contributed by atoms with van der Waals surface area (Å²) in [5, 5.41) is 7.18. The lowest BCUT2D eigenvalue weighted by Gasteiger charge is -2.11. The highest BCUT2D eigenvalue weighted by molar-refractivity contribution is 6.32. The number of nitrogens with one attached hydrogen (secondary N) is 1. The maximum Gasteiger partial charge on any atom is 0.287 e. The molecular formula is C10H14ClN3O. The van der Waals surface area contributed by atoms with Gasteiger partial charge in [0.1, 0.15) is 5.02 Å². The number of hydrogen-bond donors (Lipinski definition) is 1. The van der Waals surface area contributed by atoms with E-state index in [1.54, 1.807) is 12.3 Å². The number of halogens is 1. The first kappa shape index (κ1) is 11.8. The second kappa shape index (κ2) is 4.98. The van der Waals surface area contributed by atoms with Crippen molar-refractivity contribution < 1.29 is 0 Å². The van der Waals surface area contributed by atoms with Gasteiger partial charge in [-0.05, 0) is 13.8 Å². The van der Waals surface area contributed by atoms with E-state index >= 15 is 0 Å². The molecule has 1 aromatic heterocycles. The maximum atomic E-state index is 11.6. The highest BCUT2D eigenvalue weighted by atomic mass is 35.5. The molecule has 0 unspecified atom stereocenters. The summed E-state index contributed by atoms with van der Waals surface area (Å²) in [4.78, 5) is 11.6.